The Bertz CT molecular complexity index is 743. The van der Waals surface area contributed by atoms with Crippen molar-refractivity contribution in [3.63, 3.8) is 0 Å². The molecule has 0 saturated heterocycles. The van der Waals surface area contributed by atoms with Gasteiger partial charge in [0, 0.05) is 36.9 Å². The van der Waals surface area contributed by atoms with Crippen molar-refractivity contribution in [3.8, 4) is 0 Å². The molecule has 0 amide bonds. The zero-order valence-electron chi connectivity index (χ0n) is 11.5. The van der Waals surface area contributed by atoms with E-state index < -0.39 is 0 Å². The number of aryl methyl sites for hydroxylation is 2. The number of hydrogen-bond donors (Lipinski definition) is 1. The first-order valence-corrected chi connectivity index (χ1v) is 6.92. The molecule has 104 valence electrons. The standard InChI is InChI=1S/C14H16ClN5/c1-3-20-13-5-4-11(15)6-12(13)18-14(20)16-7-10-8-17-19(2)9-10/h4-6,8-9H,3,7H2,1-2H3,(H,16,18). The van der Waals surface area contributed by atoms with Gasteiger partial charge in [0.2, 0.25) is 5.95 Å². The van der Waals surface area contributed by atoms with Crippen molar-refractivity contribution in [1.82, 2.24) is 19.3 Å². The average Bonchev–Trinajstić information content (AvgIpc) is 2.98. The fourth-order valence-corrected chi connectivity index (χ4v) is 2.47. The van der Waals surface area contributed by atoms with E-state index in [9.17, 15) is 0 Å². The molecule has 6 heteroatoms. The quantitative estimate of drug-likeness (QED) is 0.803. The molecular formula is C14H16ClN5. The minimum atomic E-state index is 0.699. The lowest BCUT2D eigenvalue weighted by Gasteiger charge is -2.07. The van der Waals surface area contributed by atoms with Gasteiger partial charge in [-0.05, 0) is 25.1 Å². The Hall–Kier alpha value is -2.01. The third-order valence-corrected chi connectivity index (χ3v) is 3.47. The molecule has 0 spiro atoms. The van der Waals surface area contributed by atoms with Gasteiger partial charge in [-0.1, -0.05) is 11.6 Å². The summed E-state index contributed by atoms with van der Waals surface area (Å²) in [5.74, 6) is 0.855. The van der Waals surface area contributed by atoms with Crippen molar-refractivity contribution in [2.75, 3.05) is 5.32 Å². The molecule has 0 aliphatic rings. The predicted molar refractivity (Wildman–Crippen MR) is 81.0 cm³/mol. The molecule has 20 heavy (non-hydrogen) atoms. The molecule has 3 aromatic rings. The lowest BCUT2D eigenvalue weighted by molar-refractivity contribution is 0.766. The second-order valence-electron chi connectivity index (χ2n) is 4.69. The van der Waals surface area contributed by atoms with Gasteiger partial charge < -0.3 is 9.88 Å². The van der Waals surface area contributed by atoms with Crippen molar-refractivity contribution in [2.45, 2.75) is 20.0 Å². The minimum absolute atomic E-state index is 0.699. The maximum atomic E-state index is 6.02. The Morgan fingerprint density at radius 3 is 2.90 bits per heavy atom. The maximum absolute atomic E-state index is 6.02. The van der Waals surface area contributed by atoms with E-state index >= 15 is 0 Å². The second-order valence-corrected chi connectivity index (χ2v) is 5.12. The Morgan fingerprint density at radius 2 is 2.20 bits per heavy atom. The second kappa shape index (κ2) is 5.17. The number of hydrogen-bond acceptors (Lipinski definition) is 3. The summed E-state index contributed by atoms with van der Waals surface area (Å²) in [5.41, 5.74) is 3.12. The summed E-state index contributed by atoms with van der Waals surface area (Å²) in [7, 11) is 1.91. The first-order valence-electron chi connectivity index (χ1n) is 6.54. The van der Waals surface area contributed by atoms with Crippen molar-refractivity contribution in [3.05, 3.63) is 41.2 Å². The van der Waals surface area contributed by atoms with Crippen LogP contribution < -0.4 is 5.32 Å². The van der Waals surface area contributed by atoms with Crippen LogP contribution in [0.4, 0.5) is 5.95 Å². The smallest absolute Gasteiger partial charge is 0.204 e. The number of benzene rings is 1. The van der Waals surface area contributed by atoms with Gasteiger partial charge in [-0.3, -0.25) is 4.68 Å². The molecule has 0 bridgehead atoms. The highest BCUT2D eigenvalue weighted by atomic mass is 35.5. The van der Waals surface area contributed by atoms with Crippen LogP contribution in [0.25, 0.3) is 11.0 Å². The molecule has 0 radical (unpaired) electrons. The maximum Gasteiger partial charge on any atom is 0.204 e. The lowest BCUT2D eigenvalue weighted by Crippen LogP contribution is -2.06. The SMILES string of the molecule is CCn1c(NCc2cnn(C)c2)nc2cc(Cl)ccc21. The average molecular weight is 290 g/mol. The third kappa shape index (κ3) is 2.36. The molecule has 0 atom stereocenters. The molecule has 0 unspecified atom stereocenters. The van der Waals surface area contributed by atoms with Crippen LogP contribution in [-0.4, -0.2) is 19.3 Å². The van der Waals surface area contributed by atoms with E-state index in [1.54, 1.807) is 4.68 Å². The van der Waals surface area contributed by atoms with E-state index in [0.29, 0.717) is 11.6 Å². The van der Waals surface area contributed by atoms with Gasteiger partial charge in [-0.2, -0.15) is 5.10 Å². The molecule has 0 aliphatic carbocycles. The summed E-state index contributed by atoms with van der Waals surface area (Å²) in [5, 5.41) is 8.22. The number of halogens is 1. The van der Waals surface area contributed by atoms with Gasteiger partial charge in [0.15, 0.2) is 0 Å². The molecule has 0 aliphatic heterocycles. The molecular weight excluding hydrogens is 274 g/mol. The van der Waals surface area contributed by atoms with Gasteiger partial charge in [-0.25, -0.2) is 4.98 Å². The van der Waals surface area contributed by atoms with Crippen LogP contribution in [0, 0.1) is 0 Å². The molecule has 2 heterocycles. The molecule has 5 nitrogen and oxygen atoms in total. The van der Waals surface area contributed by atoms with Gasteiger partial charge in [0.05, 0.1) is 17.2 Å². The first kappa shape index (κ1) is 13.0. The van der Waals surface area contributed by atoms with Crippen LogP contribution >= 0.6 is 11.6 Å². The van der Waals surface area contributed by atoms with Crippen molar-refractivity contribution >= 4 is 28.6 Å². The summed E-state index contributed by atoms with van der Waals surface area (Å²) >= 11 is 6.02. The number of imidazole rings is 1. The zero-order chi connectivity index (χ0) is 14.1. The summed E-state index contributed by atoms with van der Waals surface area (Å²) < 4.78 is 3.93. The summed E-state index contributed by atoms with van der Waals surface area (Å²) in [6.45, 7) is 3.66. The molecule has 3 rings (SSSR count). The summed E-state index contributed by atoms with van der Waals surface area (Å²) in [4.78, 5) is 4.61. The minimum Gasteiger partial charge on any atom is -0.351 e. The van der Waals surface area contributed by atoms with Gasteiger partial charge >= 0.3 is 0 Å². The topological polar surface area (TPSA) is 47.7 Å². The summed E-state index contributed by atoms with van der Waals surface area (Å²) in [6, 6.07) is 5.78. The summed E-state index contributed by atoms with van der Waals surface area (Å²) in [6.07, 6.45) is 3.84. The Labute approximate surface area is 122 Å². The lowest BCUT2D eigenvalue weighted by atomic mass is 10.3. The highest BCUT2D eigenvalue weighted by Gasteiger charge is 2.09. The van der Waals surface area contributed by atoms with Crippen molar-refractivity contribution in [1.29, 1.82) is 0 Å². The van der Waals surface area contributed by atoms with Gasteiger partial charge in [-0.15, -0.1) is 0 Å². The number of rotatable bonds is 4. The normalized spacial score (nSPS) is 11.2. The van der Waals surface area contributed by atoms with Crippen molar-refractivity contribution in [2.24, 2.45) is 7.05 Å². The zero-order valence-corrected chi connectivity index (χ0v) is 12.2. The third-order valence-electron chi connectivity index (χ3n) is 3.24. The van der Waals surface area contributed by atoms with E-state index in [1.165, 1.54) is 0 Å². The van der Waals surface area contributed by atoms with Crippen molar-refractivity contribution < 1.29 is 0 Å². The van der Waals surface area contributed by atoms with Crippen LogP contribution in [0.1, 0.15) is 12.5 Å². The highest BCUT2D eigenvalue weighted by molar-refractivity contribution is 6.31. The van der Waals surface area contributed by atoms with Gasteiger partial charge in [0.25, 0.3) is 0 Å². The van der Waals surface area contributed by atoms with Crippen LogP contribution in [0.5, 0.6) is 0 Å². The van der Waals surface area contributed by atoms with E-state index in [4.69, 9.17) is 11.6 Å². The molecule has 1 N–H and O–H groups in total. The van der Waals surface area contributed by atoms with E-state index in [2.05, 4.69) is 26.9 Å². The number of fused-ring (bicyclic) bond motifs is 1. The first-order chi connectivity index (χ1) is 9.67. The molecule has 1 aromatic carbocycles. The predicted octanol–water partition coefficient (Wildman–Crippen LogP) is 3.06. The highest BCUT2D eigenvalue weighted by Crippen LogP contribution is 2.23. The number of nitrogens with one attached hydrogen (secondary N) is 1. The Morgan fingerprint density at radius 1 is 1.35 bits per heavy atom. The Kier molecular flexibility index (Phi) is 3.36. The molecule has 2 aromatic heterocycles. The fourth-order valence-electron chi connectivity index (χ4n) is 2.30. The number of nitrogens with zero attached hydrogens (tertiary/aromatic N) is 4. The molecule has 0 saturated carbocycles. The fraction of sp³-hybridized carbons (Fsp3) is 0.286. The largest absolute Gasteiger partial charge is 0.351 e. The number of anilines is 1. The van der Waals surface area contributed by atoms with Crippen LogP contribution in [-0.2, 0) is 20.1 Å². The monoisotopic (exact) mass is 289 g/mol. The van der Waals surface area contributed by atoms with E-state index in [-0.39, 0.29) is 0 Å². The molecule has 0 fully saturated rings. The van der Waals surface area contributed by atoms with Crippen LogP contribution in [0.15, 0.2) is 30.6 Å². The number of aromatic nitrogens is 4. The van der Waals surface area contributed by atoms with Gasteiger partial charge in [0.1, 0.15) is 0 Å². The Balaban J connectivity index is 1.90. The van der Waals surface area contributed by atoms with E-state index in [0.717, 1.165) is 29.1 Å². The van der Waals surface area contributed by atoms with Crippen LogP contribution in [0.2, 0.25) is 5.02 Å². The van der Waals surface area contributed by atoms with E-state index in [1.807, 2.05) is 37.6 Å². The van der Waals surface area contributed by atoms with Crippen LogP contribution in [0.3, 0.4) is 0 Å².